The van der Waals surface area contributed by atoms with Crippen molar-refractivity contribution in [2.75, 3.05) is 14.2 Å². The Morgan fingerprint density at radius 2 is 1.40 bits per heavy atom. The molecule has 50 heavy (non-hydrogen) atoms. The van der Waals surface area contributed by atoms with Crippen LogP contribution in [0.1, 0.15) is 98.0 Å². The molecule has 3 aromatic rings. The zero-order chi connectivity index (χ0) is 37.5. The molecular weight excluding hydrogens is 642 g/mol. The minimum absolute atomic E-state index is 0.0125. The van der Waals surface area contributed by atoms with Crippen LogP contribution in [0.5, 0.6) is 5.88 Å². The summed E-state index contributed by atoms with van der Waals surface area (Å²) in [6, 6.07) is 7.64. The van der Waals surface area contributed by atoms with Crippen molar-refractivity contribution < 1.29 is 38.1 Å². The van der Waals surface area contributed by atoms with E-state index in [2.05, 4.69) is 93.6 Å². The fraction of sp³-hybridized carbons (Fsp3) is 0.568. The highest BCUT2D eigenvalue weighted by atomic mass is 16.6. The number of esters is 1. The number of methoxy groups -OCH3 is 2. The highest BCUT2D eigenvalue weighted by Gasteiger charge is 2.48. The molecule has 2 heterocycles. The quantitative estimate of drug-likeness (QED) is 0.161. The van der Waals surface area contributed by atoms with Crippen LogP contribution in [0, 0.1) is 35.2 Å². The van der Waals surface area contributed by atoms with Gasteiger partial charge >= 0.3 is 24.2 Å². The van der Waals surface area contributed by atoms with E-state index in [4.69, 9.17) is 16.0 Å². The number of imide groups is 3. The van der Waals surface area contributed by atoms with E-state index in [1.54, 1.807) is 0 Å². The lowest BCUT2D eigenvalue weighted by atomic mass is 9.59. The number of H-pyrrole nitrogens is 1. The minimum atomic E-state index is -1.53. The van der Waals surface area contributed by atoms with E-state index in [0.717, 1.165) is 37.1 Å². The van der Waals surface area contributed by atoms with Crippen molar-refractivity contribution in [1.29, 1.82) is 0 Å². The second kappa shape index (κ2) is 13.8. The SMILES string of the molecule is [C-]#[N+]c1c(C(=O)OC2C(C(C)(C)C)CC(C)CC2C(C)(C)C)c2[nH]c(-c3ccc(C(C)(C)C)cc3)nn2c1OC(=O)N(C(=O)OC)C(=O)OC. The topological polar surface area (TPSA) is 146 Å². The van der Waals surface area contributed by atoms with E-state index in [-0.39, 0.29) is 44.2 Å². The van der Waals surface area contributed by atoms with Gasteiger partial charge in [-0.05, 0) is 40.6 Å². The average Bonchev–Trinajstić information content (AvgIpc) is 3.57. The molecule has 4 rings (SSSR count). The van der Waals surface area contributed by atoms with E-state index >= 15 is 0 Å². The number of nitrogens with zero attached hydrogens (tertiary/aromatic N) is 4. The average molecular weight is 692 g/mol. The van der Waals surface area contributed by atoms with Gasteiger partial charge in [0.25, 0.3) is 5.69 Å². The van der Waals surface area contributed by atoms with E-state index in [1.165, 1.54) is 0 Å². The van der Waals surface area contributed by atoms with Crippen molar-refractivity contribution in [3.05, 3.63) is 46.8 Å². The first-order valence-electron chi connectivity index (χ1n) is 16.7. The van der Waals surface area contributed by atoms with Gasteiger partial charge in [-0.25, -0.2) is 24.0 Å². The maximum atomic E-state index is 14.5. The Labute approximate surface area is 293 Å². The number of nitrogens with one attached hydrogen (secondary N) is 1. The molecule has 1 N–H and O–H groups in total. The van der Waals surface area contributed by atoms with Crippen LogP contribution in [0.2, 0.25) is 0 Å². The van der Waals surface area contributed by atoms with Gasteiger partial charge in [0.1, 0.15) is 17.3 Å². The van der Waals surface area contributed by atoms with Gasteiger partial charge in [0.15, 0.2) is 5.82 Å². The Morgan fingerprint density at radius 3 is 1.84 bits per heavy atom. The summed E-state index contributed by atoms with van der Waals surface area (Å²) in [5, 5.41) is 4.58. The molecule has 1 aromatic carbocycles. The molecule has 13 nitrogen and oxygen atoms in total. The Bertz CT molecular complexity index is 1770. The molecule has 2 unspecified atom stereocenters. The number of carbonyl (C=O) groups excluding carboxylic acids is 4. The van der Waals surface area contributed by atoms with Crippen LogP contribution in [0.4, 0.5) is 20.1 Å². The number of aromatic nitrogens is 3. The fourth-order valence-electron chi connectivity index (χ4n) is 6.71. The van der Waals surface area contributed by atoms with Crippen molar-refractivity contribution in [1.82, 2.24) is 19.5 Å². The highest BCUT2D eigenvalue weighted by molar-refractivity contribution is 6.07. The number of aromatic amines is 1. The molecular formula is C37H49N5O8. The number of rotatable bonds is 4. The summed E-state index contributed by atoms with van der Waals surface area (Å²) < 4.78 is 22.2. The summed E-state index contributed by atoms with van der Waals surface area (Å²) >= 11 is 0. The molecule has 13 heteroatoms. The van der Waals surface area contributed by atoms with Crippen molar-refractivity contribution in [2.45, 2.75) is 93.6 Å². The Kier molecular flexibility index (Phi) is 10.5. The number of amides is 3. The first-order chi connectivity index (χ1) is 23.1. The first-order valence-corrected chi connectivity index (χ1v) is 16.7. The van der Waals surface area contributed by atoms with Gasteiger partial charge in [-0.3, -0.25) is 0 Å². The van der Waals surface area contributed by atoms with Gasteiger partial charge in [-0.15, -0.1) is 10.00 Å². The van der Waals surface area contributed by atoms with E-state index in [9.17, 15) is 19.2 Å². The third-order valence-electron chi connectivity index (χ3n) is 9.51. The third kappa shape index (κ3) is 7.49. The van der Waals surface area contributed by atoms with Crippen LogP contribution in [-0.4, -0.2) is 64.1 Å². The van der Waals surface area contributed by atoms with Gasteiger partial charge in [0.2, 0.25) is 5.88 Å². The number of hydrogen-bond donors (Lipinski definition) is 1. The van der Waals surface area contributed by atoms with E-state index < -0.39 is 41.9 Å². The molecule has 270 valence electrons. The Balaban J connectivity index is 1.91. The van der Waals surface area contributed by atoms with Crippen molar-refractivity contribution >= 4 is 35.6 Å². The second-order valence-corrected chi connectivity index (χ2v) is 16.2. The van der Waals surface area contributed by atoms with Crippen LogP contribution >= 0.6 is 0 Å². The summed E-state index contributed by atoms with van der Waals surface area (Å²) in [6.07, 6.45) is -3.07. The monoisotopic (exact) mass is 691 g/mol. The highest BCUT2D eigenvalue weighted by Crippen LogP contribution is 2.50. The zero-order valence-corrected chi connectivity index (χ0v) is 31.1. The molecule has 2 atom stereocenters. The van der Waals surface area contributed by atoms with Crippen LogP contribution in [0.15, 0.2) is 24.3 Å². The molecule has 3 amide bonds. The smallest absolute Gasteiger partial charge is 0.434 e. The molecule has 0 radical (unpaired) electrons. The number of fused-ring (bicyclic) bond motifs is 1. The van der Waals surface area contributed by atoms with Crippen molar-refractivity contribution in [3.63, 3.8) is 0 Å². The van der Waals surface area contributed by atoms with Crippen LogP contribution < -0.4 is 4.74 Å². The molecule has 2 aromatic heterocycles. The van der Waals surface area contributed by atoms with Crippen LogP contribution in [-0.2, 0) is 19.6 Å². The molecule has 0 saturated heterocycles. The molecule has 0 bridgehead atoms. The van der Waals surface area contributed by atoms with Crippen molar-refractivity contribution in [2.24, 2.45) is 28.6 Å². The van der Waals surface area contributed by atoms with E-state index in [0.29, 0.717) is 17.3 Å². The van der Waals surface area contributed by atoms with Crippen LogP contribution in [0.25, 0.3) is 21.9 Å². The molecule has 1 saturated carbocycles. The number of carbonyl (C=O) groups is 4. The lowest BCUT2D eigenvalue weighted by Gasteiger charge is -2.50. The van der Waals surface area contributed by atoms with Gasteiger partial charge in [0.05, 0.1) is 20.8 Å². The molecule has 1 fully saturated rings. The summed E-state index contributed by atoms with van der Waals surface area (Å²) in [5.74, 6) is -0.563. The standard InChI is InChI=1S/C37H49N5O8/c1-20-18-23(36(5,6)7)27(24(19-20)37(8,9)10)49-31(43)25-26(38-11)30(50-34(46)41(32(44)47-12)33(45)48-13)42-29(25)39-28(40-42)21-14-16-22(17-15-21)35(2,3)4/h14-17,20,23-24,27H,18-19H2,1-10,12-13H3,(H,39,40). The third-order valence-corrected chi connectivity index (χ3v) is 9.51. The summed E-state index contributed by atoms with van der Waals surface area (Å²) in [5.41, 5.74) is 0.672. The molecule has 0 aliphatic heterocycles. The lowest BCUT2D eigenvalue weighted by molar-refractivity contribution is -0.0922. The maximum absolute atomic E-state index is 14.5. The number of hydrogen-bond acceptors (Lipinski definition) is 9. The second-order valence-electron chi connectivity index (χ2n) is 16.2. The largest absolute Gasteiger partial charge is 0.459 e. The maximum Gasteiger partial charge on any atom is 0.434 e. The molecule has 1 aliphatic rings. The van der Waals surface area contributed by atoms with Crippen LogP contribution in [0.3, 0.4) is 0 Å². The van der Waals surface area contributed by atoms with Crippen molar-refractivity contribution in [3.8, 4) is 17.3 Å². The number of ether oxygens (including phenoxy) is 4. The molecule has 0 spiro atoms. The Morgan fingerprint density at radius 1 is 0.880 bits per heavy atom. The first kappa shape index (κ1) is 38.0. The lowest BCUT2D eigenvalue weighted by Crippen LogP contribution is -2.49. The zero-order valence-electron chi connectivity index (χ0n) is 31.1. The molecule has 1 aliphatic carbocycles. The van der Waals surface area contributed by atoms with Gasteiger partial charge in [-0.1, -0.05) is 93.5 Å². The summed E-state index contributed by atoms with van der Waals surface area (Å²) in [4.78, 5) is 59.2. The van der Waals surface area contributed by atoms with E-state index in [1.807, 2.05) is 24.3 Å². The van der Waals surface area contributed by atoms with Gasteiger partial charge in [-0.2, -0.15) is 4.52 Å². The fourth-order valence-corrected chi connectivity index (χ4v) is 6.71. The number of benzene rings is 1. The predicted octanol–water partition coefficient (Wildman–Crippen LogP) is 8.79. The minimum Gasteiger partial charge on any atom is -0.459 e. The predicted molar refractivity (Wildman–Crippen MR) is 186 cm³/mol. The Hall–Kier alpha value is -4.86. The summed E-state index contributed by atoms with van der Waals surface area (Å²) in [6.45, 7) is 29.4. The normalized spacial score (nSPS) is 19.7. The van der Waals surface area contributed by atoms with Gasteiger partial charge in [0, 0.05) is 17.4 Å². The van der Waals surface area contributed by atoms with Gasteiger partial charge < -0.3 is 23.9 Å². The summed E-state index contributed by atoms with van der Waals surface area (Å²) in [7, 11) is 1.93.